The van der Waals surface area contributed by atoms with Gasteiger partial charge in [-0.25, -0.2) is 9.18 Å². The number of hydrogen-bond donors (Lipinski definition) is 0. The van der Waals surface area contributed by atoms with Crippen LogP contribution < -0.4 is 4.74 Å². The van der Waals surface area contributed by atoms with E-state index in [1.54, 1.807) is 6.92 Å². The molecule has 5 rings (SSSR count). The van der Waals surface area contributed by atoms with E-state index in [2.05, 4.69) is 13.8 Å². The maximum absolute atomic E-state index is 15.1. The Morgan fingerprint density at radius 1 is 0.953 bits per heavy atom. The van der Waals surface area contributed by atoms with Crippen molar-refractivity contribution in [3.63, 3.8) is 0 Å². The largest absolute Gasteiger partial charge is 0.496 e. The zero-order chi connectivity index (χ0) is 31.7. The molecule has 2 aromatic rings. The summed E-state index contributed by atoms with van der Waals surface area (Å²) in [6.07, 6.45) is -8.53. The predicted molar refractivity (Wildman–Crippen MR) is 146 cm³/mol. The van der Waals surface area contributed by atoms with Gasteiger partial charge in [-0.15, -0.1) is 0 Å². The van der Waals surface area contributed by atoms with Crippen molar-refractivity contribution in [2.45, 2.75) is 89.7 Å². The van der Waals surface area contributed by atoms with Gasteiger partial charge in [0.2, 0.25) is 0 Å². The number of nitrogens with zero attached hydrogens (tertiary/aromatic N) is 1. The molecule has 1 heterocycles. The van der Waals surface area contributed by atoms with Crippen LogP contribution in [-0.2, 0) is 22.5 Å². The first-order chi connectivity index (χ1) is 19.8. The van der Waals surface area contributed by atoms with Crippen LogP contribution in [0.3, 0.4) is 0 Å². The summed E-state index contributed by atoms with van der Waals surface area (Å²) in [6.45, 7) is 7.76. The van der Waals surface area contributed by atoms with E-state index >= 15 is 4.39 Å². The summed E-state index contributed by atoms with van der Waals surface area (Å²) in [5.74, 6) is 0.00839. The number of halogens is 7. The minimum absolute atomic E-state index is 0.0491. The minimum atomic E-state index is -5.03. The van der Waals surface area contributed by atoms with Crippen molar-refractivity contribution >= 4 is 11.7 Å². The summed E-state index contributed by atoms with van der Waals surface area (Å²) >= 11 is 0. The number of hydrogen-bond acceptors (Lipinski definition) is 3. The number of carbonyl (C=O) groups excluding carboxylic acids is 1. The summed E-state index contributed by atoms with van der Waals surface area (Å²) in [4.78, 5) is 14.5. The number of alkyl halides is 6. The molecule has 2 fully saturated rings. The fraction of sp³-hybridized carbons (Fsp3) is 0.531. The molecule has 1 saturated carbocycles. The minimum Gasteiger partial charge on any atom is -0.496 e. The standard InChI is InChI=1S/C32H34F7NO3/c1-17-27(18-10-20(31(34,35)36)12-21(11-18)32(37,38)39)43-28(41)40(17)16-19-15-29(2,3)7-6-22(19)23-13-24(30(4)8-9-30)25(33)14-26(23)42-5/h10-14,17,27H,6-9,15-16H2,1-5H3/t17-,27-/m0/s1. The van der Waals surface area contributed by atoms with Crippen molar-refractivity contribution in [3.8, 4) is 5.75 Å². The Morgan fingerprint density at radius 3 is 2.09 bits per heavy atom. The van der Waals surface area contributed by atoms with E-state index in [-0.39, 0.29) is 34.8 Å². The van der Waals surface area contributed by atoms with Crippen molar-refractivity contribution in [3.05, 3.63) is 69.5 Å². The molecule has 0 radical (unpaired) electrons. The molecule has 0 unspecified atom stereocenters. The molecule has 0 spiro atoms. The van der Waals surface area contributed by atoms with Gasteiger partial charge in [0.1, 0.15) is 17.7 Å². The molecule has 1 aliphatic heterocycles. The Hall–Kier alpha value is -3.24. The molecule has 4 nitrogen and oxygen atoms in total. The van der Waals surface area contributed by atoms with Gasteiger partial charge in [-0.05, 0) is 96.4 Å². The molecule has 234 valence electrons. The number of carbonyl (C=O) groups is 1. The summed E-state index contributed by atoms with van der Waals surface area (Å²) in [5, 5.41) is 0. The highest BCUT2D eigenvalue weighted by Gasteiger charge is 2.45. The third-order valence-electron chi connectivity index (χ3n) is 9.13. The van der Waals surface area contributed by atoms with Crippen molar-refractivity contribution < 1.29 is 45.0 Å². The van der Waals surface area contributed by atoms with Crippen LogP contribution in [0.1, 0.15) is 93.7 Å². The Kier molecular flexibility index (Phi) is 7.57. The molecule has 2 aliphatic carbocycles. The van der Waals surface area contributed by atoms with Gasteiger partial charge in [-0.2, -0.15) is 26.3 Å². The van der Waals surface area contributed by atoms with Gasteiger partial charge >= 0.3 is 18.4 Å². The van der Waals surface area contributed by atoms with Crippen LogP contribution in [0.5, 0.6) is 5.75 Å². The first kappa shape index (κ1) is 31.2. The van der Waals surface area contributed by atoms with Crippen LogP contribution in [0.15, 0.2) is 35.9 Å². The van der Waals surface area contributed by atoms with Crippen LogP contribution in [-0.4, -0.2) is 30.7 Å². The van der Waals surface area contributed by atoms with Crippen LogP contribution in [0.2, 0.25) is 0 Å². The molecule has 1 saturated heterocycles. The fourth-order valence-electron chi connectivity index (χ4n) is 6.28. The molecule has 11 heteroatoms. The second-order valence-corrected chi connectivity index (χ2v) is 13.0. The Morgan fingerprint density at radius 2 is 1.56 bits per heavy atom. The van der Waals surface area contributed by atoms with Gasteiger partial charge in [0, 0.05) is 18.2 Å². The average Bonchev–Trinajstić information content (AvgIpc) is 3.59. The third-order valence-corrected chi connectivity index (χ3v) is 9.13. The maximum atomic E-state index is 15.1. The van der Waals surface area contributed by atoms with Crippen LogP contribution >= 0.6 is 0 Å². The van der Waals surface area contributed by atoms with Gasteiger partial charge in [-0.3, -0.25) is 4.90 Å². The molecule has 2 atom stereocenters. The van der Waals surface area contributed by atoms with Gasteiger partial charge in [-0.1, -0.05) is 20.8 Å². The van der Waals surface area contributed by atoms with E-state index < -0.39 is 41.7 Å². The summed E-state index contributed by atoms with van der Waals surface area (Å²) in [5.41, 5.74) is -0.663. The average molecular weight is 614 g/mol. The van der Waals surface area contributed by atoms with Crippen LogP contribution in [0.25, 0.3) is 5.57 Å². The number of allylic oxidation sites excluding steroid dienone is 1. The maximum Gasteiger partial charge on any atom is 0.416 e. The van der Waals surface area contributed by atoms with Gasteiger partial charge in [0.15, 0.2) is 0 Å². The zero-order valence-electron chi connectivity index (χ0n) is 24.6. The first-order valence-corrected chi connectivity index (χ1v) is 14.2. The second-order valence-electron chi connectivity index (χ2n) is 13.0. The molecule has 0 bridgehead atoms. The molecular weight excluding hydrogens is 579 g/mol. The number of cyclic esters (lactones) is 1. The van der Waals surface area contributed by atoms with Crippen molar-refractivity contribution in [1.29, 1.82) is 0 Å². The molecule has 1 amide bonds. The highest BCUT2D eigenvalue weighted by molar-refractivity contribution is 5.77. The topological polar surface area (TPSA) is 38.8 Å². The molecule has 0 N–H and O–H groups in total. The zero-order valence-corrected chi connectivity index (χ0v) is 24.6. The molecule has 2 aromatic carbocycles. The summed E-state index contributed by atoms with van der Waals surface area (Å²) < 4.78 is 107. The smallest absolute Gasteiger partial charge is 0.416 e. The van der Waals surface area contributed by atoms with Crippen LogP contribution in [0.4, 0.5) is 35.5 Å². The first-order valence-electron chi connectivity index (χ1n) is 14.2. The quantitative estimate of drug-likeness (QED) is 0.305. The van der Waals surface area contributed by atoms with E-state index in [4.69, 9.17) is 9.47 Å². The second kappa shape index (κ2) is 10.4. The number of benzene rings is 2. The van der Waals surface area contributed by atoms with E-state index in [0.717, 1.165) is 36.0 Å². The number of rotatable bonds is 6. The van der Waals surface area contributed by atoms with E-state index in [9.17, 15) is 31.1 Å². The van der Waals surface area contributed by atoms with Gasteiger partial charge in [0.05, 0.1) is 24.3 Å². The molecule has 0 aromatic heterocycles. The van der Waals surface area contributed by atoms with Crippen LogP contribution in [0, 0.1) is 11.2 Å². The number of methoxy groups -OCH3 is 1. The SMILES string of the molecule is COc1cc(F)c(C2(C)CC2)cc1C1=C(CN2C(=O)O[C@H](c3cc(C(F)(F)F)cc(C(F)(F)F)c3)[C@@H]2C)CC(C)(C)CC1. The lowest BCUT2D eigenvalue weighted by Gasteiger charge is -2.36. The lowest BCUT2D eigenvalue weighted by Crippen LogP contribution is -2.35. The Bertz CT molecular complexity index is 1440. The lowest BCUT2D eigenvalue weighted by molar-refractivity contribution is -0.143. The number of amides is 1. The lowest BCUT2D eigenvalue weighted by atomic mass is 9.72. The fourth-order valence-corrected chi connectivity index (χ4v) is 6.28. The van der Waals surface area contributed by atoms with E-state index in [1.165, 1.54) is 18.1 Å². The van der Waals surface area contributed by atoms with Gasteiger partial charge < -0.3 is 9.47 Å². The van der Waals surface area contributed by atoms with Crippen molar-refractivity contribution in [1.82, 2.24) is 4.90 Å². The Labute approximate surface area is 245 Å². The summed E-state index contributed by atoms with van der Waals surface area (Å²) in [6, 6.07) is 3.59. The monoisotopic (exact) mass is 613 g/mol. The Balaban J connectivity index is 1.54. The van der Waals surface area contributed by atoms with E-state index in [1.807, 2.05) is 13.0 Å². The molecule has 43 heavy (non-hydrogen) atoms. The summed E-state index contributed by atoms with van der Waals surface area (Å²) in [7, 11) is 1.46. The van der Waals surface area contributed by atoms with Gasteiger partial charge in [0.25, 0.3) is 0 Å². The highest BCUT2D eigenvalue weighted by Crippen LogP contribution is 2.52. The normalized spacial score (nSPS) is 23.4. The predicted octanol–water partition coefficient (Wildman–Crippen LogP) is 9.47. The van der Waals surface area contributed by atoms with Crippen molar-refractivity contribution in [2.24, 2.45) is 5.41 Å². The molecule has 3 aliphatic rings. The molecular formula is C32H34F7NO3. The van der Waals surface area contributed by atoms with Crippen molar-refractivity contribution in [2.75, 3.05) is 13.7 Å². The van der Waals surface area contributed by atoms with E-state index in [0.29, 0.717) is 36.3 Å². The third kappa shape index (κ3) is 6.09. The highest BCUT2D eigenvalue weighted by atomic mass is 19.4. The number of ether oxygens (including phenoxy) is 2.